The van der Waals surface area contributed by atoms with Crippen LogP contribution in [0, 0.1) is 0 Å². The first-order valence-corrected chi connectivity index (χ1v) is 11.0. The summed E-state index contributed by atoms with van der Waals surface area (Å²) in [5.41, 5.74) is 0. The first kappa shape index (κ1) is 24.2. The average molecular weight is 390 g/mol. The van der Waals surface area contributed by atoms with Gasteiger partial charge >= 0.3 is 0 Å². The van der Waals surface area contributed by atoms with E-state index >= 15 is 0 Å². The fraction of sp³-hybridized carbons (Fsp3) is 1.00. The SMILES string of the molecule is C[N+](C)(C)CC[N+](C)(C)CCCCCC(O)(P(=O)([O-])O)P(=O)([O-])O. The van der Waals surface area contributed by atoms with Crippen LogP contribution >= 0.6 is 15.2 Å². The van der Waals surface area contributed by atoms with Gasteiger partial charge in [-0.05, 0) is 25.7 Å². The van der Waals surface area contributed by atoms with Crippen LogP contribution in [0.5, 0.6) is 0 Å². The molecule has 0 saturated heterocycles. The Morgan fingerprint density at radius 1 is 0.833 bits per heavy atom. The molecule has 0 fully saturated rings. The molecule has 0 spiro atoms. The van der Waals surface area contributed by atoms with Crippen molar-refractivity contribution in [2.24, 2.45) is 0 Å². The first-order chi connectivity index (χ1) is 10.4. The third kappa shape index (κ3) is 8.04. The number of aliphatic hydroxyl groups is 1. The molecule has 0 rings (SSSR count). The van der Waals surface area contributed by atoms with Crippen molar-refractivity contribution in [2.75, 3.05) is 54.9 Å². The predicted octanol–water partition coefficient (Wildman–Crippen LogP) is -0.933. The van der Waals surface area contributed by atoms with E-state index in [1.54, 1.807) is 0 Å². The minimum atomic E-state index is -5.65. The van der Waals surface area contributed by atoms with E-state index in [0.29, 0.717) is 12.8 Å². The lowest BCUT2D eigenvalue weighted by Gasteiger charge is -2.42. The molecule has 2 atom stereocenters. The summed E-state index contributed by atoms with van der Waals surface area (Å²) in [6.45, 7) is 2.74. The summed E-state index contributed by atoms with van der Waals surface area (Å²) in [6, 6.07) is 0. The van der Waals surface area contributed by atoms with E-state index in [1.165, 1.54) is 0 Å². The number of unbranched alkanes of at least 4 members (excludes halogenated alkanes) is 2. The zero-order chi connectivity index (χ0) is 19.4. The number of hydrogen-bond acceptors (Lipinski definition) is 5. The second-order valence-electron chi connectivity index (χ2n) is 8.02. The molecule has 0 amide bonds. The molecule has 24 heavy (non-hydrogen) atoms. The van der Waals surface area contributed by atoms with E-state index in [9.17, 15) is 24.0 Å². The van der Waals surface area contributed by atoms with Gasteiger partial charge in [0, 0.05) is 0 Å². The standard InChI is InChI=1S/C13H32N2O7P2/c1-14(2,3)11-12-15(4,5)10-8-6-7-9-13(16,23(17,18)19)24(20,21)22/h16H,6-12H2,1-5H3,(H2-2,17,18,19,20,21,22). The molecule has 3 N–H and O–H groups in total. The molecule has 11 heteroatoms. The van der Waals surface area contributed by atoms with Crippen molar-refractivity contribution in [1.82, 2.24) is 0 Å². The smallest absolute Gasteiger partial charge is 0.191 e. The third-order valence-electron chi connectivity index (χ3n) is 4.06. The summed E-state index contributed by atoms with van der Waals surface area (Å²) in [4.78, 5) is 40.0. The second-order valence-corrected chi connectivity index (χ2v) is 11.9. The highest BCUT2D eigenvalue weighted by Gasteiger charge is 2.46. The fourth-order valence-corrected chi connectivity index (χ4v) is 4.36. The van der Waals surface area contributed by atoms with E-state index < -0.39 is 26.7 Å². The van der Waals surface area contributed by atoms with Crippen LogP contribution in [0.4, 0.5) is 0 Å². The zero-order valence-corrected chi connectivity index (χ0v) is 17.0. The van der Waals surface area contributed by atoms with Gasteiger partial charge in [-0.25, -0.2) is 0 Å². The summed E-state index contributed by atoms with van der Waals surface area (Å²) in [5.74, 6) is 0. The third-order valence-corrected chi connectivity index (χ3v) is 7.83. The van der Waals surface area contributed by atoms with Gasteiger partial charge in [-0.15, -0.1) is 0 Å². The maximum atomic E-state index is 11.1. The van der Waals surface area contributed by atoms with Gasteiger partial charge in [0.2, 0.25) is 0 Å². The molecular formula is C13H32N2O7P2. The first-order valence-electron chi connectivity index (χ1n) is 7.84. The molecule has 9 nitrogen and oxygen atoms in total. The van der Waals surface area contributed by atoms with Crippen LogP contribution < -0.4 is 9.79 Å². The van der Waals surface area contributed by atoms with Gasteiger partial charge in [-0.2, -0.15) is 0 Å². The highest BCUT2D eigenvalue weighted by molar-refractivity contribution is 7.70. The Labute approximate surface area is 144 Å². The zero-order valence-electron chi connectivity index (χ0n) is 15.2. The summed E-state index contributed by atoms with van der Waals surface area (Å²) >= 11 is 0. The number of quaternary nitrogens is 2. The van der Waals surface area contributed by atoms with E-state index in [0.717, 1.165) is 28.6 Å². The number of hydrogen-bond donors (Lipinski definition) is 3. The normalized spacial score (nSPS) is 20.9. The highest BCUT2D eigenvalue weighted by atomic mass is 31.2. The fourth-order valence-electron chi connectivity index (χ4n) is 2.20. The molecule has 0 heterocycles. The van der Waals surface area contributed by atoms with Crippen molar-refractivity contribution in [3.05, 3.63) is 0 Å². The van der Waals surface area contributed by atoms with Crippen molar-refractivity contribution in [2.45, 2.75) is 30.8 Å². The summed E-state index contributed by atoms with van der Waals surface area (Å²) < 4.78 is 23.8. The Morgan fingerprint density at radius 2 is 1.29 bits per heavy atom. The Balaban J connectivity index is 4.43. The van der Waals surface area contributed by atoms with Crippen LogP contribution in [0.2, 0.25) is 0 Å². The van der Waals surface area contributed by atoms with E-state index in [-0.39, 0.29) is 6.42 Å². The Hall–Kier alpha value is 0.180. The Bertz CT molecular complexity index is 471. The van der Waals surface area contributed by atoms with Gasteiger partial charge in [0.25, 0.3) is 0 Å². The van der Waals surface area contributed by atoms with Gasteiger partial charge in [-0.1, -0.05) is 0 Å². The van der Waals surface area contributed by atoms with Crippen LogP contribution in [0.1, 0.15) is 25.7 Å². The molecule has 0 radical (unpaired) electrons. The largest absolute Gasteiger partial charge is 0.776 e. The topological polar surface area (TPSA) is 141 Å². The van der Waals surface area contributed by atoms with Crippen LogP contribution in [0.3, 0.4) is 0 Å². The van der Waals surface area contributed by atoms with Gasteiger partial charge in [-0.3, -0.25) is 0 Å². The maximum Gasteiger partial charge on any atom is 0.191 e. The molecule has 0 aromatic heterocycles. The van der Waals surface area contributed by atoms with E-state index in [1.807, 2.05) is 0 Å². The molecule has 0 aliphatic carbocycles. The molecule has 2 unspecified atom stereocenters. The van der Waals surface area contributed by atoms with Crippen molar-refractivity contribution in [3.8, 4) is 0 Å². The van der Waals surface area contributed by atoms with Crippen LogP contribution in [0.15, 0.2) is 0 Å². The quantitative estimate of drug-likeness (QED) is 0.235. The number of rotatable bonds is 11. The minimum Gasteiger partial charge on any atom is -0.776 e. The number of likely N-dealkylation sites (N-methyl/N-ethyl adjacent to an activating group) is 2. The number of nitrogens with zero attached hydrogens (tertiary/aromatic N) is 2. The lowest BCUT2D eigenvalue weighted by molar-refractivity contribution is -0.937. The molecule has 0 aliphatic heterocycles. The second kappa shape index (κ2) is 8.25. The lowest BCUT2D eigenvalue weighted by atomic mass is 10.2. The van der Waals surface area contributed by atoms with Gasteiger partial charge in [0.15, 0.2) is 20.3 Å². The van der Waals surface area contributed by atoms with Crippen molar-refractivity contribution in [1.29, 1.82) is 0 Å². The van der Waals surface area contributed by atoms with Gasteiger partial charge < -0.3 is 42.8 Å². The molecule has 0 aliphatic rings. The average Bonchev–Trinajstić information content (AvgIpc) is 2.32. The summed E-state index contributed by atoms with van der Waals surface area (Å²) in [7, 11) is -0.830. The molecule has 0 saturated carbocycles. The van der Waals surface area contributed by atoms with Crippen LogP contribution in [0.25, 0.3) is 0 Å². The molecule has 146 valence electrons. The molecule has 0 bridgehead atoms. The van der Waals surface area contributed by atoms with E-state index in [4.69, 9.17) is 9.79 Å². The van der Waals surface area contributed by atoms with Gasteiger partial charge in [0.05, 0.1) is 41.8 Å². The Kier molecular flexibility index (Phi) is 8.31. The highest BCUT2D eigenvalue weighted by Crippen LogP contribution is 2.65. The van der Waals surface area contributed by atoms with Crippen LogP contribution in [-0.4, -0.2) is 83.8 Å². The Morgan fingerprint density at radius 3 is 1.67 bits per heavy atom. The summed E-state index contributed by atoms with van der Waals surface area (Å²) in [5, 5.41) is 6.15. The van der Waals surface area contributed by atoms with Crippen molar-refractivity contribution >= 4 is 15.2 Å². The molecule has 0 aromatic carbocycles. The summed E-state index contributed by atoms with van der Waals surface area (Å²) in [6.07, 6.45) is 0.455. The van der Waals surface area contributed by atoms with Gasteiger partial charge in [0.1, 0.15) is 13.1 Å². The molecular weight excluding hydrogens is 358 g/mol. The predicted molar refractivity (Wildman–Crippen MR) is 87.8 cm³/mol. The molecule has 0 aromatic rings. The monoisotopic (exact) mass is 390 g/mol. The van der Waals surface area contributed by atoms with E-state index in [2.05, 4.69) is 35.2 Å². The lowest BCUT2D eigenvalue weighted by Crippen LogP contribution is -2.49. The van der Waals surface area contributed by atoms with Crippen LogP contribution in [-0.2, 0) is 9.13 Å². The van der Waals surface area contributed by atoms with Crippen molar-refractivity contribution in [3.63, 3.8) is 0 Å². The van der Waals surface area contributed by atoms with Crippen molar-refractivity contribution < 1.29 is 42.8 Å². The minimum absolute atomic E-state index is 0.0470. The maximum absolute atomic E-state index is 11.1.